The molecule has 0 bridgehead atoms. The molecule has 0 aromatic rings. The van der Waals surface area contributed by atoms with E-state index in [1.54, 1.807) is 14.2 Å². The van der Waals surface area contributed by atoms with Crippen LogP contribution in [0.3, 0.4) is 0 Å². The molecule has 0 saturated carbocycles. The Morgan fingerprint density at radius 2 is 2.37 bits per heavy atom. The molecule has 1 unspecified atom stereocenters. The van der Waals surface area contributed by atoms with Gasteiger partial charge in [-0.2, -0.15) is 0 Å². The third-order valence-electron chi connectivity index (χ3n) is 2.82. The van der Waals surface area contributed by atoms with E-state index >= 15 is 0 Å². The van der Waals surface area contributed by atoms with Gasteiger partial charge in [-0.25, -0.2) is 0 Å². The second kappa shape index (κ2) is 11.5. The second-order valence-electron chi connectivity index (χ2n) is 4.44. The van der Waals surface area contributed by atoms with Crippen molar-refractivity contribution in [2.75, 3.05) is 40.5 Å². The third kappa shape index (κ3) is 8.43. The van der Waals surface area contributed by atoms with Crippen molar-refractivity contribution < 1.29 is 9.47 Å². The number of hydrogen-bond acceptors (Lipinski definition) is 3. The molecule has 0 aliphatic carbocycles. The maximum atomic E-state index is 5.28. The number of methoxy groups -OCH3 is 1. The first kappa shape index (κ1) is 18.7. The van der Waals surface area contributed by atoms with E-state index in [0.29, 0.717) is 6.61 Å². The fourth-order valence-corrected chi connectivity index (χ4v) is 1.85. The highest BCUT2D eigenvalue weighted by atomic mass is 127. The van der Waals surface area contributed by atoms with E-state index in [2.05, 4.69) is 28.6 Å². The number of ether oxygens (including phenoxy) is 2. The lowest BCUT2D eigenvalue weighted by Gasteiger charge is -2.18. The van der Waals surface area contributed by atoms with Crippen molar-refractivity contribution in [2.45, 2.75) is 25.8 Å². The molecule has 0 radical (unpaired) electrons. The van der Waals surface area contributed by atoms with E-state index in [4.69, 9.17) is 9.47 Å². The van der Waals surface area contributed by atoms with Gasteiger partial charge >= 0.3 is 0 Å². The van der Waals surface area contributed by atoms with Crippen molar-refractivity contribution in [3.05, 3.63) is 11.6 Å². The molecule has 0 spiro atoms. The summed E-state index contributed by atoms with van der Waals surface area (Å²) in [4.78, 5) is 4.19. The lowest BCUT2D eigenvalue weighted by molar-refractivity contribution is 0.153. The van der Waals surface area contributed by atoms with Gasteiger partial charge in [-0.1, -0.05) is 11.6 Å². The number of aliphatic imine (C=N–C) groups is 1. The summed E-state index contributed by atoms with van der Waals surface area (Å²) in [5, 5.41) is 6.58. The average molecular weight is 383 g/mol. The van der Waals surface area contributed by atoms with Crippen LogP contribution in [0.15, 0.2) is 16.6 Å². The summed E-state index contributed by atoms with van der Waals surface area (Å²) in [6, 6.07) is 0.253. The van der Waals surface area contributed by atoms with Crippen molar-refractivity contribution in [2.24, 2.45) is 4.99 Å². The molecule has 19 heavy (non-hydrogen) atoms. The minimum Gasteiger partial charge on any atom is -0.383 e. The van der Waals surface area contributed by atoms with Crippen LogP contribution in [-0.4, -0.2) is 52.5 Å². The van der Waals surface area contributed by atoms with Crippen LogP contribution in [0.1, 0.15) is 19.8 Å². The predicted octanol–water partition coefficient (Wildman–Crippen LogP) is 1.54. The molecule has 1 atom stereocenters. The van der Waals surface area contributed by atoms with Crippen LogP contribution in [0.25, 0.3) is 0 Å². The Morgan fingerprint density at radius 3 is 2.95 bits per heavy atom. The van der Waals surface area contributed by atoms with Crippen LogP contribution in [0.2, 0.25) is 0 Å². The first-order valence-corrected chi connectivity index (χ1v) is 6.48. The summed E-state index contributed by atoms with van der Waals surface area (Å²) in [6.45, 7) is 5.24. The molecular formula is C13H26IN3O2. The van der Waals surface area contributed by atoms with E-state index in [1.807, 2.05) is 0 Å². The van der Waals surface area contributed by atoms with E-state index in [1.165, 1.54) is 5.57 Å². The molecule has 2 N–H and O–H groups in total. The Kier molecular flexibility index (Phi) is 11.3. The maximum Gasteiger partial charge on any atom is 0.191 e. The highest BCUT2D eigenvalue weighted by Gasteiger charge is 2.06. The molecule has 0 aromatic heterocycles. The zero-order chi connectivity index (χ0) is 13.2. The predicted molar refractivity (Wildman–Crippen MR) is 89.4 cm³/mol. The molecule has 6 heteroatoms. The zero-order valence-corrected chi connectivity index (χ0v) is 14.4. The molecule has 1 aliphatic rings. The van der Waals surface area contributed by atoms with Gasteiger partial charge in [0.1, 0.15) is 0 Å². The number of guanidine groups is 1. The topological polar surface area (TPSA) is 54.9 Å². The van der Waals surface area contributed by atoms with Gasteiger partial charge in [-0.3, -0.25) is 4.99 Å². The number of rotatable bonds is 6. The van der Waals surface area contributed by atoms with Crippen molar-refractivity contribution in [1.82, 2.24) is 10.6 Å². The van der Waals surface area contributed by atoms with E-state index in [9.17, 15) is 0 Å². The number of halogens is 1. The SMILES string of the molecule is CN=C(NCCC1=CCOCC1)NC(C)COC.I. The normalized spacial score (nSPS) is 17.2. The highest BCUT2D eigenvalue weighted by Crippen LogP contribution is 2.10. The summed E-state index contributed by atoms with van der Waals surface area (Å²) in [5.74, 6) is 0.826. The molecule has 0 aromatic carbocycles. The number of nitrogens with zero attached hydrogens (tertiary/aromatic N) is 1. The minimum atomic E-state index is 0. The van der Waals surface area contributed by atoms with Gasteiger partial charge in [0, 0.05) is 26.7 Å². The molecule has 1 aliphatic heterocycles. The largest absolute Gasteiger partial charge is 0.383 e. The summed E-state index contributed by atoms with van der Waals surface area (Å²) in [7, 11) is 3.48. The first-order chi connectivity index (χ1) is 8.76. The fraction of sp³-hybridized carbons (Fsp3) is 0.769. The zero-order valence-electron chi connectivity index (χ0n) is 12.1. The molecule has 5 nitrogen and oxygen atoms in total. The van der Waals surface area contributed by atoms with Gasteiger partial charge in [-0.15, -0.1) is 24.0 Å². The third-order valence-corrected chi connectivity index (χ3v) is 2.82. The Bertz CT molecular complexity index is 296. The summed E-state index contributed by atoms with van der Waals surface area (Å²) in [6.07, 6.45) is 4.27. The van der Waals surface area contributed by atoms with E-state index in [-0.39, 0.29) is 30.0 Å². The van der Waals surface area contributed by atoms with Gasteiger partial charge in [-0.05, 0) is 19.8 Å². The minimum absolute atomic E-state index is 0. The van der Waals surface area contributed by atoms with E-state index in [0.717, 1.165) is 38.6 Å². The number of nitrogens with one attached hydrogen (secondary N) is 2. The number of hydrogen-bond donors (Lipinski definition) is 2. The lowest BCUT2D eigenvalue weighted by Crippen LogP contribution is -2.44. The van der Waals surface area contributed by atoms with Crippen LogP contribution >= 0.6 is 24.0 Å². The molecule has 1 rings (SSSR count). The maximum absolute atomic E-state index is 5.28. The molecular weight excluding hydrogens is 357 g/mol. The lowest BCUT2D eigenvalue weighted by atomic mass is 10.1. The Balaban J connectivity index is 0.00000324. The smallest absolute Gasteiger partial charge is 0.191 e. The molecule has 112 valence electrons. The van der Waals surface area contributed by atoms with Crippen LogP contribution < -0.4 is 10.6 Å². The molecule has 0 saturated heterocycles. The van der Waals surface area contributed by atoms with Gasteiger partial charge in [0.25, 0.3) is 0 Å². The Labute approximate surface area is 133 Å². The quantitative estimate of drug-likeness (QED) is 0.316. The van der Waals surface area contributed by atoms with E-state index < -0.39 is 0 Å². The van der Waals surface area contributed by atoms with Gasteiger partial charge < -0.3 is 20.1 Å². The second-order valence-corrected chi connectivity index (χ2v) is 4.44. The van der Waals surface area contributed by atoms with Crippen molar-refractivity contribution in [1.29, 1.82) is 0 Å². The Hall–Kier alpha value is -0.340. The molecule has 1 heterocycles. The molecule has 0 fully saturated rings. The average Bonchev–Trinajstić information content (AvgIpc) is 2.39. The monoisotopic (exact) mass is 383 g/mol. The van der Waals surface area contributed by atoms with Crippen molar-refractivity contribution in [3.63, 3.8) is 0 Å². The summed E-state index contributed by atoms with van der Waals surface area (Å²) >= 11 is 0. The summed E-state index contributed by atoms with van der Waals surface area (Å²) in [5.41, 5.74) is 1.47. The van der Waals surface area contributed by atoms with Crippen LogP contribution in [0, 0.1) is 0 Å². The van der Waals surface area contributed by atoms with Gasteiger partial charge in [0.15, 0.2) is 5.96 Å². The highest BCUT2D eigenvalue weighted by molar-refractivity contribution is 14.0. The van der Waals surface area contributed by atoms with Crippen LogP contribution in [0.5, 0.6) is 0 Å². The molecule has 0 amide bonds. The fourth-order valence-electron chi connectivity index (χ4n) is 1.85. The Morgan fingerprint density at radius 1 is 1.58 bits per heavy atom. The van der Waals surface area contributed by atoms with Crippen LogP contribution in [-0.2, 0) is 9.47 Å². The van der Waals surface area contributed by atoms with Crippen molar-refractivity contribution in [3.8, 4) is 0 Å². The van der Waals surface area contributed by atoms with Crippen LogP contribution in [0.4, 0.5) is 0 Å². The first-order valence-electron chi connectivity index (χ1n) is 6.48. The van der Waals surface area contributed by atoms with Crippen molar-refractivity contribution >= 4 is 29.9 Å². The summed E-state index contributed by atoms with van der Waals surface area (Å²) < 4.78 is 10.4. The van der Waals surface area contributed by atoms with Gasteiger partial charge in [0.2, 0.25) is 0 Å². The van der Waals surface area contributed by atoms with Gasteiger partial charge in [0.05, 0.1) is 19.8 Å². The standard InChI is InChI=1S/C13H25N3O2.HI/c1-11(10-17-3)16-13(14-2)15-7-4-12-5-8-18-9-6-12;/h5,11H,4,6-10H2,1-3H3,(H2,14,15,16);1H.